The lowest BCUT2D eigenvalue weighted by Gasteiger charge is -2.40. The van der Waals surface area contributed by atoms with Crippen LogP contribution in [0.1, 0.15) is 47.0 Å². The molecule has 0 aliphatic carbocycles. The maximum atomic E-state index is 11.9. The fourth-order valence-corrected chi connectivity index (χ4v) is 3.29. The predicted octanol–water partition coefficient (Wildman–Crippen LogP) is 1.46. The van der Waals surface area contributed by atoms with E-state index in [9.17, 15) is 19.2 Å². The number of hydrogen-bond acceptors (Lipinski definition) is 5. The van der Waals surface area contributed by atoms with Crippen LogP contribution in [0.2, 0.25) is 0 Å². The highest BCUT2D eigenvalue weighted by Gasteiger charge is 2.43. The first-order valence-electron chi connectivity index (χ1n) is 7.65. The molecule has 0 spiro atoms. The number of carbonyl (C=O) groups is 4. The van der Waals surface area contributed by atoms with E-state index in [2.05, 4.69) is 8.86 Å². The van der Waals surface area contributed by atoms with E-state index in [1.165, 1.54) is 17.1 Å². The third kappa shape index (κ3) is 3.47. The second kappa shape index (κ2) is 6.22. The normalized spacial score (nSPS) is 19.0. The van der Waals surface area contributed by atoms with Gasteiger partial charge in [0.2, 0.25) is 0 Å². The van der Waals surface area contributed by atoms with Crippen molar-refractivity contribution in [2.24, 2.45) is 5.41 Å². The molecule has 0 aromatic rings. The number of carbonyl (C=O) groups excluding carboxylic acids is 4. The lowest BCUT2D eigenvalue weighted by molar-refractivity contribution is -0.168. The molecule has 2 aliphatic heterocycles. The lowest BCUT2D eigenvalue weighted by Crippen LogP contribution is -2.51. The smallest absolute Gasteiger partial charge is 0.254 e. The van der Waals surface area contributed by atoms with Crippen molar-refractivity contribution >= 4 is 38.0 Å². The van der Waals surface area contributed by atoms with E-state index in [4.69, 9.17) is 4.84 Å². The van der Waals surface area contributed by atoms with Gasteiger partial charge in [-0.15, -0.1) is 5.06 Å². The standard InChI is InChI=1S/C16H21N2O5P/c1-15(2,14(24)23-18-12(21)7-8-13(18)22)9-16(3,4)17-10(19)5-6-11(17)20/h5-6,24H,7-9H2,1-4H3. The zero-order valence-corrected chi connectivity index (χ0v) is 15.2. The molecule has 1 fully saturated rings. The molecule has 130 valence electrons. The highest BCUT2D eigenvalue weighted by atomic mass is 31.0. The molecule has 24 heavy (non-hydrogen) atoms. The van der Waals surface area contributed by atoms with Crippen LogP contribution in [0.15, 0.2) is 12.2 Å². The van der Waals surface area contributed by atoms with E-state index in [1.807, 2.05) is 13.8 Å². The summed E-state index contributed by atoms with van der Waals surface area (Å²) in [5.41, 5.74) is -1.15. The van der Waals surface area contributed by atoms with E-state index in [0.717, 1.165) is 5.06 Å². The van der Waals surface area contributed by atoms with Gasteiger partial charge in [-0.2, -0.15) is 0 Å². The number of amides is 4. The summed E-state index contributed by atoms with van der Waals surface area (Å²) in [5.74, 6) is -1.50. The molecule has 8 heteroatoms. The van der Waals surface area contributed by atoms with E-state index in [0.29, 0.717) is 6.42 Å². The molecule has 0 bridgehead atoms. The van der Waals surface area contributed by atoms with Gasteiger partial charge in [0.1, 0.15) is 5.48 Å². The van der Waals surface area contributed by atoms with Gasteiger partial charge in [0.15, 0.2) is 0 Å². The van der Waals surface area contributed by atoms with Gasteiger partial charge in [-0.1, -0.05) is 22.7 Å². The number of hydroxylamine groups is 2. The minimum Gasteiger partial charge on any atom is -0.272 e. The molecule has 0 saturated carbocycles. The Balaban J connectivity index is 2.10. The monoisotopic (exact) mass is 352 g/mol. The van der Waals surface area contributed by atoms with Gasteiger partial charge < -0.3 is 0 Å². The molecular weight excluding hydrogens is 331 g/mol. The van der Waals surface area contributed by atoms with Crippen molar-refractivity contribution in [1.29, 1.82) is 0 Å². The zero-order chi connectivity index (χ0) is 18.3. The van der Waals surface area contributed by atoms with Crippen LogP contribution in [0.25, 0.3) is 0 Å². The second-order valence-corrected chi connectivity index (χ2v) is 7.67. The minimum absolute atomic E-state index is 0.132. The van der Waals surface area contributed by atoms with E-state index in [1.54, 1.807) is 13.8 Å². The average molecular weight is 352 g/mol. The van der Waals surface area contributed by atoms with Crippen molar-refractivity contribution in [1.82, 2.24) is 9.96 Å². The minimum atomic E-state index is -0.776. The first kappa shape index (κ1) is 18.5. The highest BCUT2D eigenvalue weighted by Crippen LogP contribution is 2.36. The van der Waals surface area contributed by atoms with Gasteiger partial charge in [0.05, 0.1) is 0 Å². The first-order chi connectivity index (χ1) is 11.0. The molecule has 2 heterocycles. The Labute approximate surface area is 142 Å². The third-order valence-electron chi connectivity index (χ3n) is 4.09. The van der Waals surface area contributed by atoms with Crippen molar-refractivity contribution < 1.29 is 24.0 Å². The van der Waals surface area contributed by atoms with Gasteiger partial charge >= 0.3 is 0 Å². The zero-order valence-electron chi connectivity index (χ0n) is 14.2. The Bertz CT molecular complexity index is 631. The Morgan fingerprint density at radius 1 is 1.04 bits per heavy atom. The van der Waals surface area contributed by atoms with Crippen LogP contribution in [0.3, 0.4) is 0 Å². The molecule has 4 amide bonds. The van der Waals surface area contributed by atoms with E-state index < -0.39 is 11.0 Å². The molecule has 0 aromatic heterocycles. The van der Waals surface area contributed by atoms with Crippen LogP contribution in [-0.2, 0) is 24.0 Å². The predicted molar refractivity (Wildman–Crippen MR) is 89.0 cm³/mol. The summed E-state index contributed by atoms with van der Waals surface area (Å²) in [4.78, 5) is 53.8. The first-order valence-corrected chi connectivity index (χ1v) is 8.15. The van der Waals surface area contributed by atoms with Crippen molar-refractivity contribution in [3.8, 4) is 0 Å². The maximum Gasteiger partial charge on any atom is 0.254 e. The second-order valence-electron chi connectivity index (χ2n) is 7.22. The Morgan fingerprint density at radius 3 is 1.96 bits per heavy atom. The molecular formula is C16H21N2O5P. The van der Waals surface area contributed by atoms with Crippen molar-refractivity contribution in [3.63, 3.8) is 0 Å². The van der Waals surface area contributed by atoms with Gasteiger partial charge in [-0.3, -0.25) is 24.1 Å². The topological polar surface area (TPSA) is 84.0 Å². The number of rotatable bonds is 6. The summed E-state index contributed by atoms with van der Waals surface area (Å²) >= 11 is 0. The Morgan fingerprint density at radius 2 is 1.50 bits per heavy atom. The van der Waals surface area contributed by atoms with Crippen molar-refractivity contribution in [2.45, 2.75) is 52.5 Å². The van der Waals surface area contributed by atoms with Crippen LogP contribution >= 0.6 is 8.86 Å². The fraction of sp³-hybridized carbons (Fsp3) is 0.562. The van der Waals surface area contributed by atoms with Crippen LogP contribution in [0, 0.1) is 5.41 Å². The van der Waals surface area contributed by atoms with Gasteiger partial charge in [0, 0.05) is 35.9 Å². The van der Waals surface area contributed by atoms with Crippen LogP contribution in [-0.4, -0.2) is 44.6 Å². The highest BCUT2D eigenvalue weighted by molar-refractivity contribution is 7.20. The Kier molecular flexibility index (Phi) is 4.79. The molecule has 7 nitrogen and oxygen atoms in total. The van der Waals surface area contributed by atoms with Crippen LogP contribution < -0.4 is 0 Å². The van der Waals surface area contributed by atoms with E-state index in [-0.39, 0.29) is 41.9 Å². The molecule has 0 radical (unpaired) electrons. The summed E-state index contributed by atoms with van der Waals surface area (Å²) in [6, 6.07) is 0. The fourth-order valence-electron chi connectivity index (χ4n) is 3.11. The van der Waals surface area contributed by atoms with Crippen molar-refractivity contribution in [2.75, 3.05) is 0 Å². The average Bonchev–Trinajstić information content (AvgIpc) is 2.94. The molecule has 2 rings (SSSR count). The van der Waals surface area contributed by atoms with E-state index >= 15 is 0 Å². The maximum absolute atomic E-state index is 11.9. The van der Waals surface area contributed by atoms with Crippen LogP contribution in [0.5, 0.6) is 0 Å². The molecule has 2 aliphatic rings. The number of hydrogen-bond donors (Lipinski definition) is 0. The largest absolute Gasteiger partial charge is 0.272 e. The summed E-state index contributed by atoms with van der Waals surface area (Å²) in [5, 5.41) is 0.755. The molecule has 0 unspecified atom stereocenters. The quantitative estimate of drug-likeness (QED) is 0.534. The SMILES string of the molecule is CC(C)(CC(C)(C)N1C(=O)C=CC1=O)C(=P)ON1C(=O)CCC1=O. The van der Waals surface area contributed by atoms with Gasteiger partial charge in [0.25, 0.3) is 23.6 Å². The molecule has 1 saturated heterocycles. The third-order valence-corrected chi connectivity index (χ3v) is 4.86. The summed E-state index contributed by atoms with van der Waals surface area (Å²) in [7, 11) is 3.36. The lowest BCUT2D eigenvalue weighted by atomic mass is 9.79. The summed E-state index contributed by atoms with van der Waals surface area (Å²) < 4.78 is 0. The van der Waals surface area contributed by atoms with Gasteiger partial charge in [-0.25, -0.2) is 4.84 Å². The molecule has 0 N–H and O–H groups in total. The Hall–Kier alpha value is -1.85. The summed E-state index contributed by atoms with van der Waals surface area (Å²) in [6.07, 6.45) is 3.12. The number of imide groups is 2. The molecule has 0 aromatic carbocycles. The van der Waals surface area contributed by atoms with Crippen molar-refractivity contribution in [3.05, 3.63) is 12.2 Å². The van der Waals surface area contributed by atoms with Gasteiger partial charge in [-0.05, 0) is 20.3 Å². The molecule has 0 atom stereocenters. The summed E-state index contributed by atoms with van der Waals surface area (Å²) in [6.45, 7) is 7.23. The van der Waals surface area contributed by atoms with Crippen LogP contribution in [0.4, 0.5) is 0 Å². The number of nitrogens with zero attached hydrogens (tertiary/aromatic N) is 2.